The van der Waals surface area contributed by atoms with E-state index in [1.54, 1.807) is 0 Å². The lowest BCUT2D eigenvalue weighted by atomic mass is 9.99. The SMILES string of the molecule is Cc1cccc(CN(C)CC2CCCNC2)c1.Cl. The van der Waals surface area contributed by atoms with Crippen LogP contribution in [-0.4, -0.2) is 31.6 Å². The molecule has 1 fully saturated rings. The molecule has 0 saturated carbocycles. The van der Waals surface area contributed by atoms with Gasteiger partial charge in [-0.15, -0.1) is 12.4 Å². The van der Waals surface area contributed by atoms with E-state index in [9.17, 15) is 0 Å². The van der Waals surface area contributed by atoms with Crippen molar-refractivity contribution in [2.75, 3.05) is 26.7 Å². The van der Waals surface area contributed by atoms with Crippen LogP contribution in [0.5, 0.6) is 0 Å². The van der Waals surface area contributed by atoms with E-state index < -0.39 is 0 Å². The Morgan fingerprint density at radius 1 is 1.39 bits per heavy atom. The predicted octanol–water partition coefficient (Wildman–Crippen LogP) is 2.85. The second-order valence-corrected chi connectivity index (χ2v) is 5.40. The topological polar surface area (TPSA) is 15.3 Å². The first-order valence-electron chi connectivity index (χ1n) is 6.69. The summed E-state index contributed by atoms with van der Waals surface area (Å²) in [6.07, 6.45) is 2.72. The summed E-state index contributed by atoms with van der Waals surface area (Å²) >= 11 is 0. The second-order valence-electron chi connectivity index (χ2n) is 5.40. The average molecular weight is 269 g/mol. The standard InChI is InChI=1S/C15H24N2.ClH/c1-13-5-3-6-14(9-13)11-17(2)12-15-7-4-8-16-10-15;/h3,5-6,9,15-16H,4,7-8,10-12H2,1-2H3;1H. The normalized spacial score (nSPS) is 19.6. The summed E-state index contributed by atoms with van der Waals surface area (Å²) in [4.78, 5) is 2.45. The maximum Gasteiger partial charge on any atom is 0.0230 e. The molecule has 1 atom stereocenters. The first-order chi connectivity index (χ1) is 8.24. The van der Waals surface area contributed by atoms with Crippen LogP contribution in [0, 0.1) is 12.8 Å². The Morgan fingerprint density at radius 3 is 2.89 bits per heavy atom. The molecule has 1 aromatic carbocycles. The molecule has 1 aliphatic rings. The number of nitrogens with one attached hydrogen (secondary N) is 1. The molecule has 0 radical (unpaired) electrons. The average Bonchev–Trinajstić information content (AvgIpc) is 2.30. The number of rotatable bonds is 4. The van der Waals surface area contributed by atoms with Crippen LogP contribution in [0.25, 0.3) is 0 Å². The maximum atomic E-state index is 3.49. The van der Waals surface area contributed by atoms with E-state index in [1.165, 1.54) is 43.6 Å². The fraction of sp³-hybridized carbons (Fsp3) is 0.600. The third kappa shape index (κ3) is 4.97. The van der Waals surface area contributed by atoms with Gasteiger partial charge in [0, 0.05) is 13.1 Å². The van der Waals surface area contributed by atoms with Gasteiger partial charge in [0.05, 0.1) is 0 Å². The Hall–Kier alpha value is -0.570. The molecule has 0 bridgehead atoms. The summed E-state index contributed by atoms with van der Waals surface area (Å²) in [5, 5.41) is 3.49. The highest BCUT2D eigenvalue weighted by atomic mass is 35.5. The zero-order valence-electron chi connectivity index (χ0n) is 11.5. The lowest BCUT2D eigenvalue weighted by Crippen LogP contribution is -2.36. The maximum absolute atomic E-state index is 3.49. The van der Waals surface area contributed by atoms with Crippen LogP contribution in [0.1, 0.15) is 24.0 Å². The number of hydrogen-bond acceptors (Lipinski definition) is 2. The molecule has 1 saturated heterocycles. The fourth-order valence-corrected chi connectivity index (χ4v) is 2.71. The highest BCUT2D eigenvalue weighted by Crippen LogP contribution is 2.13. The van der Waals surface area contributed by atoms with Crippen LogP contribution >= 0.6 is 12.4 Å². The van der Waals surface area contributed by atoms with Crippen molar-refractivity contribution in [3.63, 3.8) is 0 Å². The van der Waals surface area contributed by atoms with Gasteiger partial charge in [-0.3, -0.25) is 0 Å². The van der Waals surface area contributed by atoms with Crippen LogP contribution in [0.15, 0.2) is 24.3 Å². The Balaban J connectivity index is 0.00000162. The van der Waals surface area contributed by atoms with E-state index in [4.69, 9.17) is 0 Å². The van der Waals surface area contributed by atoms with Crippen LogP contribution in [0.4, 0.5) is 0 Å². The highest BCUT2D eigenvalue weighted by molar-refractivity contribution is 5.85. The predicted molar refractivity (Wildman–Crippen MR) is 80.4 cm³/mol. The van der Waals surface area contributed by atoms with Crippen molar-refractivity contribution >= 4 is 12.4 Å². The number of nitrogens with zero attached hydrogens (tertiary/aromatic N) is 1. The monoisotopic (exact) mass is 268 g/mol. The number of benzene rings is 1. The third-order valence-electron chi connectivity index (χ3n) is 3.50. The molecule has 3 heteroatoms. The summed E-state index contributed by atoms with van der Waals surface area (Å²) in [5.41, 5.74) is 2.78. The lowest BCUT2D eigenvalue weighted by Gasteiger charge is -2.27. The van der Waals surface area contributed by atoms with Crippen molar-refractivity contribution in [3.05, 3.63) is 35.4 Å². The molecule has 102 valence electrons. The minimum absolute atomic E-state index is 0. The summed E-state index contributed by atoms with van der Waals surface area (Å²) in [6.45, 7) is 6.84. The smallest absolute Gasteiger partial charge is 0.0230 e. The quantitative estimate of drug-likeness (QED) is 0.903. The molecule has 2 nitrogen and oxygen atoms in total. The van der Waals surface area contributed by atoms with Crippen LogP contribution in [0.2, 0.25) is 0 Å². The van der Waals surface area contributed by atoms with Crippen LogP contribution in [-0.2, 0) is 6.54 Å². The van der Waals surface area contributed by atoms with Crippen molar-refractivity contribution < 1.29 is 0 Å². The zero-order chi connectivity index (χ0) is 12.1. The van der Waals surface area contributed by atoms with Gasteiger partial charge in [-0.25, -0.2) is 0 Å². The lowest BCUT2D eigenvalue weighted by molar-refractivity contribution is 0.237. The van der Waals surface area contributed by atoms with Crippen molar-refractivity contribution in [1.29, 1.82) is 0 Å². The largest absolute Gasteiger partial charge is 0.316 e. The van der Waals surface area contributed by atoms with Gasteiger partial charge in [0.15, 0.2) is 0 Å². The third-order valence-corrected chi connectivity index (χ3v) is 3.50. The summed E-state index contributed by atoms with van der Waals surface area (Å²) < 4.78 is 0. The van der Waals surface area contributed by atoms with Crippen molar-refractivity contribution in [2.45, 2.75) is 26.3 Å². The van der Waals surface area contributed by atoms with Crippen molar-refractivity contribution in [2.24, 2.45) is 5.92 Å². The number of hydrogen-bond donors (Lipinski definition) is 1. The van der Waals surface area contributed by atoms with E-state index >= 15 is 0 Å². The number of aryl methyl sites for hydroxylation is 1. The summed E-state index contributed by atoms with van der Waals surface area (Å²) in [7, 11) is 2.23. The Morgan fingerprint density at radius 2 is 2.22 bits per heavy atom. The van der Waals surface area contributed by atoms with E-state index in [0.717, 1.165) is 12.5 Å². The van der Waals surface area contributed by atoms with Crippen molar-refractivity contribution in [3.8, 4) is 0 Å². The highest BCUT2D eigenvalue weighted by Gasteiger charge is 2.14. The Labute approximate surface area is 117 Å². The molecular formula is C15H25ClN2. The van der Waals surface area contributed by atoms with Gasteiger partial charge in [-0.05, 0) is 51.4 Å². The molecule has 0 aliphatic carbocycles. The minimum atomic E-state index is 0. The summed E-state index contributed by atoms with van der Waals surface area (Å²) in [5.74, 6) is 0.832. The molecule has 1 heterocycles. The fourth-order valence-electron chi connectivity index (χ4n) is 2.71. The van der Waals surface area contributed by atoms with Gasteiger partial charge in [-0.2, -0.15) is 0 Å². The molecule has 1 aromatic rings. The molecule has 2 rings (SSSR count). The number of piperidine rings is 1. The molecule has 1 N–H and O–H groups in total. The molecule has 0 amide bonds. The molecule has 0 spiro atoms. The summed E-state index contributed by atoms with van der Waals surface area (Å²) in [6, 6.07) is 8.83. The van der Waals surface area contributed by atoms with Crippen LogP contribution in [0.3, 0.4) is 0 Å². The molecule has 1 aliphatic heterocycles. The van der Waals surface area contributed by atoms with Gasteiger partial charge in [0.1, 0.15) is 0 Å². The molecule has 0 aromatic heterocycles. The van der Waals surface area contributed by atoms with Gasteiger partial charge < -0.3 is 10.2 Å². The van der Waals surface area contributed by atoms with Crippen molar-refractivity contribution in [1.82, 2.24) is 10.2 Å². The van der Waals surface area contributed by atoms with E-state index in [0.29, 0.717) is 0 Å². The molecule has 1 unspecified atom stereocenters. The Kier molecular flexibility index (Phi) is 6.69. The minimum Gasteiger partial charge on any atom is -0.316 e. The van der Waals surface area contributed by atoms with Gasteiger partial charge >= 0.3 is 0 Å². The first-order valence-corrected chi connectivity index (χ1v) is 6.69. The van der Waals surface area contributed by atoms with E-state index in [1.807, 2.05) is 0 Å². The molecule has 18 heavy (non-hydrogen) atoms. The first kappa shape index (κ1) is 15.5. The van der Waals surface area contributed by atoms with Crippen LogP contribution < -0.4 is 5.32 Å². The van der Waals surface area contributed by atoms with E-state index in [2.05, 4.69) is 48.5 Å². The van der Waals surface area contributed by atoms with Gasteiger partial charge in [0.25, 0.3) is 0 Å². The molecular weight excluding hydrogens is 244 g/mol. The van der Waals surface area contributed by atoms with Gasteiger partial charge in [-0.1, -0.05) is 29.8 Å². The Bertz CT molecular complexity index is 348. The second kappa shape index (κ2) is 7.78. The van der Waals surface area contributed by atoms with E-state index in [-0.39, 0.29) is 12.4 Å². The number of halogens is 1. The van der Waals surface area contributed by atoms with Gasteiger partial charge in [0.2, 0.25) is 0 Å². The zero-order valence-corrected chi connectivity index (χ0v) is 12.3.